The smallest absolute Gasteiger partial charge is 0.380 e. The fourth-order valence-corrected chi connectivity index (χ4v) is 2.92. The number of carbonyl (C=O) groups excluding carboxylic acids is 1. The first kappa shape index (κ1) is 16.7. The molecular weight excluding hydrogens is 327 g/mol. The highest BCUT2D eigenvalue weighted by Gasteiger charge is 2.55. The van der Waals surface area contributed by atoms with Crippen molar-refractivity contribution in [2.24, 2.45) is 0 Å². The number of carbonyl (C=O) groups is 1. The molecule has 6 nitrogen and oxygen atoms in total. The number of aromatic nitrogens is 2. The lowest BCUT2D eigenvalue weighted by Crippen LogP contribution is -2.54. The second-order valence-corrected chi connectivity index (χ2v) is 6.08. The molecule has 1 amide bonds. The first-order valence-electron chi connectivity index (χ1n) is 7.44. The molecule has 0 bridgehead atoms. The van der Waals surface area contributed by atoms with E-state index in [0.717, 1.165) is 0 Å². The minimum Gasteiger partial charge on any atom is -0.380 e. The number of aryl methyl sites for hydroxylation is 2. The molecule has 0 saturated carbocycles. The molecule has 0 radical (unpaired) electrons. The van der Waals surface area contributed by atoms with Gasteiger partial charge in [-0.3, -0.25) is 4.79 Å². The van der Waals surface area contributed by atoms with Gasteiger partial charge in [-0.25, -0.2) is 4.98 Å². The molecule has 1 N–H and O–H groups in total. The Morgan fingerprint density at radius 2 is 1.96 bits per heavy atom. The molecule has 1 saturated heterocycles. The number of alkyl halides is 3. The maximum atomic E-state index is 12.9. The molecule has 130 valence electrons. The lowest BCUT2D eigenvalue weighted by molar-refractivity contribution is -0.271. The first-order valence-corrected chi connectivity index (χ1v) is 7.44. The molecule has 0 spiro atoms. The van der Waals surface area contributed by atoms with Crippen molar-refractivity contribution in [1.82, 2.24) is 15.0 Å². The molecule has 24 heavy (non-hydrogen) atoms. The van der Waals surface area contributed by atoms with Crippen molar-refractivity contribution in [2.45, 2.75) is 38.5 Å². The van der Waals surface area contributed by atoms with Crippen LogP contribution in [0, 0.1) is 13.8 Å². The van der Waals surface area contributed by atoms with Crippen LogP contribution < -0.4 is 0 Å². The van der Waals surface area contributed by atoms with E-state index in [0.29, 0.717) is 22.3 Å². The Kier molecular flexibility index (Phi) is 3.78. The predicted molar refractivity (Wildman–Crippen MR) is 77.4 cm³/mol. The summed E-state index contributed by atoms with van der Waals surface area (Å²) in [4.78, 5) is 18.2. The van der Waals surface area contributed by atoms with Crippen LogP contribution in [0.4, 0.5) is 13.2 Å². The van der Waals surface area contributed by atoms with E-state index in [-0.39, 0.29) is 18.8 Å². The van der Waals surface area contributed by atoms with Gasteiger partial charge < -0.3 is 14.5 Å². The fraction of sp³-hybridized carbons (Fsp3) is 0.533. The van der Waals surface area contributed by atoms with Crippen molar-refractivity contribution in [1.29, 1.82) is 0 Å². The number of likely N-dealkylation sites (tertiary alicyclic amines) is 1. The van der Waals surface area contributed by atoms with Gasteiger partial charge in [-0.15, -0.1) is 0 Å². The summed E-state index contributed by atoms with van der Waals surface area (Å²) in [6.45, 7) is 3.00. The van der Waals surface area contributed by atoms with E-state index in [1.807, 2.05) is 0 Å². The van der Waals surface area contributed by atoms with E-state index in [1.165, 1.54) is 4.90 Å². The van der Waals surface area contributed by atoms with Gasteiger partial charge >= 0.3 is 6.18 Å². The summed E-state index contributed by atoms with van der Waals surface area (Å²) in [5.41, 5.74) is -1.18. The lowest BCUT2D eigenvalue weighted by Gasteiger charge is -2.39. The van der Waals surface area contributed by atoms with Gasteiger partial charge in [-0.2, -0.15) is 13.2 Å². The molecule has 2 aromatic rings. The van der Waals surface area contributed by atoms with Gasteiger partial charge in [-0.1, -0.05) is 5.16 Å². The predicted octanol–water partition coefficient (Wildman–Crippen LogP) is 2.37. The molecule has 0 atom stereocenters. The number of aliphatic hydroxyl groups is 1. The maximum absolute atomic E-state index is 12.9. The third kappa shape index (κ3) is 2.62. The number of fused-ring (bicyclic) bond motifs is 1. The Hall–Kier alpha value is -2.16. The molecule has 1 aliphatic rings. The number of nitrogens with zero attached hydrogens (tertiary/aromatic N) is 3. The zero-order valence-corrected chi connectivity index (χ0v) is 13.1. The van der Waals surface area contributed by atoms with Gasteiger partial charge in [0, 0.05) is 31.6 Å². The molecule has 0 aromatic carbocycles. The maximum Gasteiger partial charge on any atom is 0.417 e. The van der Waals surface area contributed by atoms with Crippen LogP contribution in [-0.2, 0) is 0 Å². The number of rotatable bonds is 1. The topological polar surface area (TPSA) is 79.5 Å². The van der Waals surface area contributed by atoms with E-state index in [9.17, 15) is 23.1 Å². The summed E-state index contributed by atoms with van der Waals surface area (Å²) in [5, 5.41) is 14.0. The lowest BCUT2D eigenvalue weighted by atomic mass is 9.90. The number of halogens is 3. The van der Waals surface area contributed by atoms with Crippen LogP contribution in [0.25, 0.3) is 11.1 Å². The Morgan fingerprint density at radius 3 is 2.54 bits per heavy atom. The Bertz CT molecular complexity index is 792. The van der Waals surface area contributed by atoms with E-state index >= 15 is 0 Å². The van der Waals surface area contributed by atoms with Crippen LogP contribution in [0.3, 0.4) is 0 Å². The Balaban J connectivity index is 1.88. The number of pyridine rings is 1. The highest BCUT2D eigenvalue weighted by atomic mass is 19.4. The van der Waals surface area contributed by atoms with Crippen molar-refractivity contribution < 1.29 is 27.6 Å². The van der Waals surface area contributed by atoms with Gasteiger partial charge in [0.15, 0.2) is 5.60 Å². The normalized spacial score (nSPS) is 18.2. The van der Waals surface area contributed by atoms with Gasteiger partial charge in [0.1, 0.15) is 0 Å². The highest BCUT2D eigenvalue weighted by Crippen LogP contribution is 2.38. The minimum atomic E-state index is -4.70. The molecule has 1 fully saturated rings. The van der Waals surface area contributed by atoms with Crippen LogP contribution >= 0.6 is 0 Å². The van der Waals surface area contributed by atoms with Crippen LogP contribution in [0.2, 0.25) is 0 Å². The molecule has 0 aliphatic carbocycles. The molecule has 9 heteroatoms. The standard InChI is InChI=1S/C15H16F3N3O3/c1-8-7-10(11-9(2)20-24-12(11)19-8)13(22)21-5-3-14(23,4-6-21)15(16,17)18/h7,23H,3-6H2,1-2H3. The van der Waals surface area contributed by atoms with Crippen molar-refractivity contribution in [3.05, 3.63) is 23.0 Å². The average Bonchev–Trinajstić information content (AvgIpc) is 2.86. The van der Waals surface area contributed by atoms with Crippen LogP contribution in [0.15, 0.2) is 10.6 Å². The Morgan fingerprint density at radius 1 is 1.33 bits per heavy atom. The zero-order valence-electron chi connectivity index (χ0n) is 13.1. The molecule has 0 unspecified atom stereocenters. The molecular formula is C15H16F3N3O3. The minimum absolute atomic E-state index is 0.179. The second-order valence-electron chi connectivity index (χ2n) is 6.08. The van der Waals surface area contributed by atoms with E-state index in [4.69, 9.17) is 4.52 Å². The number of hydrogen-bond donors (Lipinski definition) is 1. The SMILES string of the molecule is Cc1cc(C(=O)N2CCC(O)(C(F)(F)F)CC2)c2c(C)noc2n1. The summed E-state index contributed by atoms with van der Waals surface area (Å²) < 4.78 is 43.7. The summed E-state index contributed by atoms with van der Waals surface area (Å²) in [5.74, 6) is -0.416. The summed E-state index contributed by atoms with van der Waals surface area (Å²) in [7, 11) is 0. The number of piperidine rings is 1. The molecule has 2 aromatic heterocycles. The van der Waals surface area contributed by atoms with Crippen molar-refractivity contribution in [3.63, 3.8) is 0 Å². The molecule has 1 aliphatic heterocycles. The number of hydrogen-bond acceptors (Lipinski definition) is 5. The largest absolute Gasteiger partial charge is 0.417 e. The van der Waals surface area contributed by atoms with E-state index in [1.54, 1.807) is 19.9 Å². The monoisotopic (exact) mass is 343 g/mol. The molecule has 3 heterocycles. The van der Waals surface area contributed by atoms with Crippen LogP contribution in [0.1, 0.15) is 34.6 Å². The van der Waals surface area contributed by atoms with E-state index in [2.05, 4.69) is 10.1 Å². The first-order chi connectivity index (χ1) is 11.1. The quantitative estimate of drug-likeness (QED) is 0.860. The summed E-state index contributed by atoms with van der Waals surface area (Å²) in [6.07, 6.45) is -5.79. The molecule has 3 rings (SSSR count). The van der Waals surface area contributed by atoms with Gasteiger partial charge in [0.05, 0.1) is 16.6 Å². The van der Waals surface area contributed by atoms with Gasteiger partial charge in [-0.05, 0) is 19.9 Å². The van der Waals surface area contributed by atoms with Gasteiger partial charge in [0.25, 0.3) is 11.6 Å². The highest BCUT2D eigenvalue weighted by molar-refractivity contribution is 6.06. The average molecular weight is 343 g/mol. The summed E-state index contributed by atoms with van der Waals surface area (Å²) >= 11 is 0. The van der Waals surface area contributed by atoms with E-state index < -0.39 is 30.5 Å². The Labute approximate surface area is 135 Å². The second kappa shape index (κ2) is 5.44. The van der Waals surface area contributed by atoms with Crippen molar-refractivity contribution in [3.8, 4) is 0 Å². The summed E-state index contributed by atoms with van der Waals surface area (Å²) in [6, 6.07) is 1.57. The van der Waals surface area contributed by atoms with Crippen molar-refractivity contribution >= 4 is 17.0 Å². The fourth-order valence-electron chi connectivity index (χ4n) is 2.92. The third-order valence-electron chi connectivity index (χ3n) is 4.38. The zero-order chi connectivity index (χ0) is 17.7. The van der Waals surface area contributed by atoms with Crippen molar-refractivity contribution in [2.75, 3.05) is 13.1 Å². The van der Waals surface area contributed by atoms with Gasteiger partial charge in [0.2, 0.25) is 0 Å². The third-order valence-corrected chi connectivity index (χ3v) is 4.38. The van der Waals surface area contributed by atoms with Crippen LogP contribution in [0.5, 0.6) is 0 Å². The van der Waals surface area contributed by atoms with Crippen LogP contribution in [-0.4, -0.2) is 50.9 Å². The number of amides is 1.